The molecule has 27 heavy (non-hydrogen) atoms. The van der Waals surface area contributed by atoms with Gasteiger partial charge >= 0.3 is 0 Å². The number of hydrogen-bond acceptors (Lipinski definition) is 4. The summed E-state index contributed by atoms with van der Waals surface area (Å²) in [6.07, 6.45) is 0. The lowest BCUT2D eigenvalue weighted by Gasteiger charge is -2.30. The number of benzene rings is 2. The molecule has 0 spiro atoms. The molecule has 1 N–H and O–H groups in total. The quantitative estimate of drug-likeness (QED) is 0.756. The van der Waals surface area contributed by atoms with E-state index >= 15 is 0 Å². The fourth-order valence-corrected chi connectivity index (χ4v) is 3.61. The third-order valence-corrected chi connectivity index (χ3v) is 4.96. The molecule has 6 heteroatoms. The topological polar surface area (TPSA) is 59.4 Å². The zero-order valence-electron chi connectivity index (χ0n) is 15.5. The highest BCUT2D eigenvalue weighted by atomic mass is 16.5. The molecular formula is C21H24N4O2. The summed E-state index contributed by atoms with van der Waals surface area (Å²) in [6, 6.07) is 15.8. The predicted molar refractivity (Wildman–Crippen MR) is 106 cm³/mol. The van der Waals surface area contributed by atoms with E-state index in [0.717, 1.165) is 42.2 Å². The van der Waals surface area contributed by atoms with Crippen molar-refractivity contribution in [3.05, 3.63) is 59.9 Å². The summed E-state index contributed by atoms with van der Waals surface area (Å²) in [6.45, 7) is 6.29. The van der Waals surface area contributed by atoms with Crippen LogP contribution >= 0.6 is 0 Å². The Morgan fingerprint density at radius 2 is 1.85 bits per heavy atom. The van der Waals surface area contributed by atoms with E-state index in [9.17, 15) is 4.79 Å². The first-order valence-electron chi connectivity index (χ1n) is 9.42. The molecule has 6 nitrogen and oxygen atoms in total. The first-order chi connectivity index (χ1) is 13.3. The Bertz CT molecular complexity index is 944. The molecule has 2 heterocycles. The van der Waals surface area contributed by atoms with Crippen LogP contribution in [0.4, 0.5) is 5.69 Å². The molecule has 1 saturated heterocycles. The molecule has 1 aromatic heterocycles. The van der Waals surface area contributed by atoms with Crippen LogP contribution in [0.3, 0.4) is 0 Å². The Morgan fingerprint density at radius 3 is 2.67 bits per heavy atom. The molecule has 0 aliphatic carbocycles. The largest absolute Gasteiger partial charge is 0.378 e. The first-order valence-corrected chi connectivity index (χ1v) is 9.42. The van der Waals surface area contributed by atoms with Crippen molar-refractivity contribution in [2.24, 2.45) is 0 Å². The standard InChI is InChI=1S/C21H24N4O2/c1-2-25-19-10-6-4-8-17(19)23-20(25)15-22-21(26)16-7-3-5-9-18(16)24-11-13-27-14-12-24/h3-10H,2,11-15H2,1H3,(H,22,26). The zero-order chi connectivity index (χ0) is 18.6. The first kappa shape index (κ1) is 17.5. The van der Waals surface area contributed by atoms with E-state index in [1.165, 1.54) is 0 Å². The van der Waals surface area contributed by atoms with Crippen molar-refractivity contribution >= 4 is 22.6 Å². The van der Waals surface area contributed by atoms with Crippen molar-refractivity contribution in [2.75, 3.05) is 31.2 Å². The van der Waals surface area contributed by atoms with E-state index in [1.807, 2.05) is 42.5 Å². The van der Waals surface area contributed by atoms with Gasteiger partial charge in [-0.25, -0.2) is 4.98 Å². The number of nitrogens with one attached hydrogen (secondary N) is 1. The van der Waals surface area contributed by atoms with Crippen molar-refractivity contribution in [3.63, 3.8) is 0 Å². The molecular weight excluding hydrogens is 340 g/mol. The molecule has 0 saturated carbocycles. The number of amides is 1. The zero-order valence-corrected chi connectivity index (χ0v) is 15.5. The SMILES string of the molecule is CCn1c(CNC(=O)c2ccccc2N2CCOCC2)nc2ccccc21. The molecule has 1 aliphatic heterocycles. The number of rotatable bonds is 5. The van der Waals surface area contributed by atoms with Crippen LogP contribution in [-0.4, -0.2) is 41.8 Å². The Kier molecular flexibility index (Phi) is 5.07. The number of aryl methyl sites for hydroxylation is 1. The number of hydrogen-bond donors (Lipinski definition) is 1. The van der Waals surface area contributed by atoms with E-state index in [4.69, 9.17) is 4.74 Å². The molecule has 3 aromatic rings. The highest BCUT2D eigenvalue weighted by Gasteiger charge is 2.19. The van der Waals surface area contributed by atoms with Gasteiger partial charge in [-0.2, -0.15) is 0 Å². The number of ether oxygens (including phenoxy) is 1. The number of morpholine rings is 1. The second kappa shape index (κ2) is 7.80. The van der Waals surface area contributed by atoms with Gasteiger partial charge in [-0.3, -0.25) is 4.79 Å². The number of aromatic nitrogens is 2. The van der Waals surface area contributed by atoms with Gasteiger partial charge in [-0.1, -0.05) is 24.3 Å². The van der Waals surface area contributed by atoms with Gasteiger partial charge in [0.1, 0.15) is 5.82 Å². The third-order valence-electron chi connectivity index (χ3n) is 4.96. The minimum atomic E-state index is -0.0770. The predicted octanol–water partition coefficient (Wildman–Crippen LogP) is 2.82. The fraction of sp³-hybridized carbons (Fsp3) is 0.333. The van der Waals surface area contributed by atoms with Crippen molar-refractivity contribution in [1.29, 1.82) is 0 Å². The maximum atomic E-state index is 12.9. The summed E-state index contributed by atoms with van der Waals surface area (Å²) in [5.74, 6) is 0.794. The highest BCUT2D eigenvalue weighted by Crippen LogP contribution is 2.22. The van der Waals surface area contributed by atoms with Crippen LogP contribution in [0.25, 0.3) is 11.0 Å². The van der Waals surface area contributed by atoms with Crippen LogP contribution in [-0.2, 0) is 17.8 Å². The van der Waals surface area contributed by atoms with E-state index in [0.29, 0.717) is 25.3 Å². The molecule has 0 bridgehead atoms. The van der Waals surface area contributed by atoms with E-state index < -0.39 is 0 Å². The average molecular weight is 364 g/mol. The van der Waals surface area contributed by atoms with Crippen molar-refractivity contribution < 1.29 is 9.53 Å². The van der Waals surface area contributed by atoms with Crippen LogP contribution in [0, 0.1) is 0 Å². The van der Waals surface area contributed by atoms with Crippen LogP contribution in [0.5, 0.6) is 0 Å². The van der Waals surface area contributed by atoms with Crippen LogP contribution in [0.1, 0.15) is 23.1 Å². The number of imidazole rings is 1. The van der Waals surface area contributed by atoms with Gasteiger partial charge in [0.15, 0.2) is 0 Å². The Hall–Kier alpha value is -2.86. The van der Waals surface area contributed by atoms with Gasteiger partial charge in [-0.05, 0) is 31.2 Å². The monoisotopic (exact) mass is 364 g/mol. The van der Waals surface area contributed by atoms with E-state index in [1.54, 1.807) is 0 Å². The van der Waals surface area contributed by atoms with Gasteiger partial charge in [0, 0.05) is 25.3 Å². The molecule has 0 atom stereocenters. The molecule has 2 aromatic carbocycles. The van der Waals surface area contributed by atoms with Crippen LogP contribution in [0.2, 0.25) is 0 Å². The lowest BCUT2D eigenvalue weighted by molar-refractivity contribution is 0.0948. The summed E-state index contributed by atoms with van der Waals surface area (Å²) >= 11 is 0. The van der Waals surface area contributed by atoms with E-state index in [-0.39, 0.29) is 5.91 Å². The minimum absolute atomic E-state index is 0.0770. The van der Waals surface area contributed by atoms with Gasteiger partial charge in [0.2, 0.25) is 0 Å². The van der Waals surface area contributed by atoms with Crippen LogP contribution < -0.4 is 10.2 Å². The number of carbonyl (C=O) groups is 1. The number of anilines is 1. The summed E-state index contributed by atoms with van der Waals surface area (Å²) in [5, 5.41) is 3.05. The van der Waals surface area contributed by atoms with Gasteiger partial charge in [-0.15, -0.1) is 0 Å². The summed E-state index contributed by atoms with van der Waals surface area (Å²) < 4.78 is 7.57. The third kappa shape index (κ3) is 3.53. The lowest BCUT2D eigenvalue weighted by Crippen LogP contribution is -2.38. The maximum absolute atomic E-state index is 12.9. The Balaban J connectivity index is 1.54. The molecule has 140 valence electrons. The van der Waals surface area contributed by atoms with Crippen LogP contribution in [0.15, 0.2) is 48.5 Å². The molecule has 0 radical (unpaired) electrons. The Morgan fingerprint density at radius 1 is 1.11 bits per heavy atom. The number of para-hydroxylation sites is 3. The lowest BCUT2D eigenvalue weighted by atomic mass is 10.1. The summed E-state index contributed by atoms with van der Waals surface area (Å²) in [5.41, 5.74) is 3.70. The summed E-state index contributed by atoms with van der Waals surface area (Å²) in [7, 11) is 0. The normalized spacial score (nSPS) is 14.5. The van der Waals surface area contributed by atoms with Gasteiger partial charge in [0.05, 0.1) is 36.4 Å². The second-order valence-electron chi connectivity index (χ2n) is 6.56. The number of nitrogens with zero attached hydrogens (tertiary/aromatic N) is 3. The Labute approximate surface area is 158 Å². The number of carbonyl (C=O) groups excluding carboxylic acids is 1. The fourth-order valence-electron chi connectivity index (χ4n) is 3.61. The molecule has 0 unspecified atom stereocenters. The van der Waals surface area contributed by atoms with Gasteiger partial charge in [0.25, 0.3) is 5.91 Å². The average Bonchev–Trinajstić information content (AvgIpc) is 3.10. The smallest absolute Gasteiger partial charge is 0.253 e. The molecule has 1 fully saturated rings. The van der Waals surface area contributed by atoms with Crippen molar-refractivity contribution in [3.8, 4) is 0 Å². The van der Waals surface area contributed by atoms with Crippen molar-refractivity contribution in [1.82, 2.24) is 14.9 Å². The van der Waals surface area contributed by atoms with E-state index in [2.05, 4.69) is 32.8 Å². The second-order valence-corrected chi connectivity index (χ2v) is 6.56. The van der Waals surface area contributed by atoms with Crippen molar-refractivity contribution in [2.45, 2.75) is 20.0 Å². The van der Waals surface area contributed by atoms with Gasteiger partial charge < -0.3 is 19.5 Å². The molecule has 1 amide bonds. The molecule has 1 aliphatic rings. The molecule has 4 rings (SSSR count). The highest BCUT2D eigenvalue weighted by molar-refractivity contribution is 5.99. The maximum Gasteiger partial charge on any atom is 0.253 e. The number of fused-ring (bicyclic) bond motifs is 1. The minimum Gasteiger partial charge on any atom is -0.378 e. The summed E-state index contributed by atoms with van der Waals surface area (Å²) in [4.78, 5) is 19.8.